The van der Waals surface area contributed by atoms with E-state index in [-0.39, 0.29) is 11.9 Å². The number of likely N-dealkylation sites (N-methyl/N-ethyl adjacent to an activating group) is 1. The minimum Gasteiger partial charge on any atom is -0.353 e. The van der Waals surface area contributed by atoms with Crippen LogP contribution in [0.4, 0.5) is 0 Å². The number of hydrogen-bond donors (Lipinski definition) is 2. The summed E-state index contributed by atoms with van der Waals surface area (Å²) in [6, 6.07) is 11.0. The Morgan fingerprint density at radius 2 is 1.92 bits per heavy atom. The van der Waals surface area contributed by atoms with Gasteiger partial charge in [0, 0.05) is 12.6 Å². The fourth-order valence-corrected chi connectivity index (χ4v) is 3.64. The van der Waals surface area contributed by atoms with E-state index < -0.39 is 0 Å². The van der Waals surface area contributed by atoms with Crippen LogP contribution in [0.3, 0.4) is 0 Å². The highest BCUT2D eigenvalue weighted by Crippen LogP contribution is 2.29. The summed E-state index contributed by atoms with van der Waals surface area (Å²) in [5.41, 5.74) is 1.23. The second-order valence-corrected chi connectivity index (χ2v) is 7.45. The first-order valence-electron chi connectivity index (χ1n) is 9.20. The Balaban J connectivity index is 1.79. The number of nitrogens with zero attached hydrogens (tertiary/aromatic N) is 1. The van der Waals surface area contributed by atoms with Gasteiger partial charge in [0.2, 0.25) is 5.91 Å². The molecule has 0 spiro atoms. The van der Waals surface area contributed by atoms with Crippen molar-refractivity contribution in [2.24, 2.45) is 11.8 Å². The smallest absolute Gasteiger partial charge is 0.234 e. The number of carbonyl (C=O) groups excluding carboxylic acids is 1. The molecule has 1 aliphatic carbocycles. The summed E-state index contributed by atoms with van der Waals surface area (Å²) in [5, 5.41) is 6.55. The highest BCUT2D eigenvalue weighted by Gasteiger charge is 2.27. The molecule has 0 aliphatic heterocycles. The second kappa shape index (κ2) is 9.19. The minimum absolute atomic E-state index is 0.0863. The molecule has 24 heavy (non-hydrogen) atoms. The molecular weight excluding hydrogens is 298 g/mol. The molecule has 1 saturated carbocycles. The Labute approximate surface area is 147 Å². The van der Waals surface area contributed by atoms with E-state index in [1.165, 1.54) is 24.8 Å². The zero-order valence-electron chi connectivity index (χ0n) is 15.6. The lowest BCUT2D eigenvalue weighted by Gasteiger charge is -2.34. The molecule has 0 bridgehead atoms. The zero-order valence-corrected chi connectivity index (χ0v) is 15.6. The highest BCUT2D eigenvalue weighted by atomic mass is 16.1. The van der Waals surface area contributed by atoms with Crippen LogP contribution in [0.2, 0.25) is 0 Å². The molecule has 1 amide bonds. The molecule has 0 radical (unpaired) electrons. The first-order valence-corrected chi connectivity index (χ1v) is 9.20. The Bertz CT molecular complexity index is 503. The molecule has 0 aromatic heterocycles. The standard InChI is InChI=1S/C20H33N3O/c1-15-9-8-12-18(16(15)2)21-14-20(24)22-13-19(23(3)4)17-10-6-5-7-11-17/h5-7,10-11,15-16,18-19,21H,8-9,12-14H2,1-4H3,(H,22,24). The first-order chi connectivity index (χ1) is 11.5. The maximum absolute atomic E-state index is 12.2. The van der Waals surface area contributed by atoms with Crippen molar-refractivity contribution in [3.8, 4) is 0 Å². The van der Waals surface area contributed by atoms with Crippen LogP contribution in [-0.4, -0.2) is 44.0 Å². The number of carbonyl (C=O) groups is 1. The number of amides is 1. The predicted octanol–water partition coefficient (Wildman–Crippen LogP) is 2.82. The summed E-state index contributed by atoms with van der Waals surface area (Å²) < 4.78 is 0. The van der Waals surface area contributed by atoms with Crippen LogP contribution in [-0.2, 0) is 4.79 Å². The Hall–Kier alpha value is -1.39. The van der Waals surface area contributed by atoms with Crippen LogP contribution in [0.15, 0.2) is 30.3 Å². The SMILES string of the molecule is CC1CCCC(NCC(=O)NCC(c2ccccc2)N(C)C)C1C. The molecule has 4 atom stereocenters. The van der Waals surface area contributed by atoms with Crippen molar-refractivity contribution in [1.82, 2.24) is 15.5 Å². The highest BCUT2D eigenvalue weighted by molar-refractivity contribution is 5.78. The van der Waals surface area contributed by atoms with Crippen molar-refractivity contribution in [3.05, 3.63) is 35.9 Å². The zero-order chi connectivity index (χ0) is 17.5. The maximum atomic E-state index is 12.2. The van der Waals surface area contributed by atoms with Crippen LogP contribution in [0.1, 0.15) is 44.7 Å². The Morgan fingerprint density at radius 3 is 2.58 bits per heavy atom. The Morgan fingerprint density at radius 1 is 1.21 bits per heavy atom. The molecular formula is C20H33N3O. The topological polar surface area (TPSA) is 44.4 Å². The molecule has 4 nitrogen and oxygen atoms in total. The normalized spacial score (nSPS) is 25.5. The number of rotatable bonds is 7. The van der Waals surface area contributed by atoms with Gasteiger partial charge < -0.3 is 15.5 Å². The molecule has 2 N–H and O–H groups in total. The van der Waals surface area contributed by atoms with Gasteiger partial charge >= 0.3 is 0 Å². The lowest BCUT2D eigenvalue weighted by molar-refractivity contribution is -0.120. The van der Waals surface area contributed by atoms with Crippen LogP contribution in [0, 0.1) is 11.8 Å². The van der Waals surface area contributed by atoms with Gasteiger partial charge in [-0.2, -0.15) is 0 Å². The minimum atomic E-state index is 0.0863. The fraction of sp³-hybridized carbons (Fsp3) is 0.650. The monoisotopic (exact) mass is 331 g/mol. The average Bonchev–Trinajstić information content (AvgIpc) is 2.57. The van der Waals surface area contributed by atoms with Gasteiger partial charge in [-0.1, -0.05) is 57.0 Å². The van der Waals surface area contributed by atoms with E-state index in [9.17, 15) is 4.79 Å². The van der Waals surface area contributed by atoms with E-state index in [0.717, 1.165) is 5.92 Å². The summed E-state index contributed by atoms with van der Waals surface area (Å²) in [7, 11) is 4.10. The molecule has 1 aromatic rings. The van der Waals surface area contributed by atoms with E-state index in [0.29, 0.717) is 25.0 Å². The van der Waals surface area contributed by atoms with Crippen LogP contribution >= 0.6 is 0 Å². The third kappa shape index (κ3) is 5.32. The van der Waals surface area contributed by atoms with Crippen molar-refractivity contribution in [2.75, 3.05) is 27.2 Å². The maximum Gasteiger partial charge on any atom is 0.234 e. The van der Waals surface area contributed by atoms with Gasteiger partial charge in [0.15, 0.2) is 0 Å². The van der Waals surface area contributed by atoms with E-state index >= 15 is 0 Å². The van der Waals surface area contributed by atoms with E-state index in [1.54, 1.807) is 0 Å². The van der Waals surface area contributed by atoms with Crippen LogP contribution in [0.25, 0.3) is 0 Å². The summed E-state index contributed by atoms with van der Waals surface area (Å²) in [4.78, 5) is 14.4. The van der Waals surface area contributed by atoms with Crippen LogP contribution < -0.4 is 10.6 Å². The second-order valence-electron chi connectivity index (χ2n) is 7.45. The Kier molecular flexibility index (Phi) is 7.25. The average molecular weight is 332 g/mol. The van der Waals surface area contributed by atoms with Crippen LogP contribution in [0.5, 0.6) is 0 Å². The molecule has 0 saturated heterocycles. The summed E-state index contributed by atoms with van der Waals surface area (Å²) in [6.45, 7) is 5.67. The molecule has 134 valence electrons. The van der Waals surface area contributed by atoms with Gasteiger partial charge in [-0.05, 0) is 37.9 Å². The van der Waals surface area contributed by atoms with Crippen molar-refractivity contribution in [1.29, 1.82) is 0 Å². The van der Waals surface area contributed by atoms with Crippen molar-refractivity contribution < 1.29 is 4.79 Å². The van der Waals surface area contributed by atoms with E-state index in [2.05, 4.69) is 41.5 Å². The summed E-state index contributed by atoms with van der Waals surface area (Å²) >= 11 is 0. The van der Waals surface area contributed by atoms with Gasteiger partial charge in [-0.25, -0.2) is 0 Å². The van der Waals surface area contributed by atoms with E-state index in [1.807, 2.05) is 32.3 Å². The number of benzene rings is 1. The van der Waals surface area contributed by atoms with Crippen molar-refractivity contribution >= 4 is 5.91 Å². The first kappa shape index (κ1) is 18.9. The van der Waals surface area contributed by atoms with Gasteiger partial charge in [0.25, 0.3) is 0 Å². The van der Waals surface area contributed by atoms with E-state index in [4.69, 9.17) is 0 Å². The summed E-state index contributed by atoms with van der Waals surface area (Å²) in [6.07, 6.45) is 3.76. The van der Waals surface area contributed by atoms with Gasteiger partial charge in [-0.15, -0.1) is 0 Å². The van der Waals surface area contributed by atoms with Gasteiger partial charge in [-0.3, -0.25) is 4.79 Å². The third-order valence-electron chi connectivity index (χ3n) is 5.53. The van der Waals surface area contributed by atoms with Gasteiger partial charge in [0.1, 0.15) is 0 Å². The molecule has 1 aliphatic rings. The van der Waals surface area contributed by atoms with Gasteiger partial charge in [0.05, 0.1) is 12.6 Å². The summed E-state index contributed by atoms with van der Waals surface area (Å²) in [5.74, 6) is 1.48. The molecule has 4 unspecified atom stereocenters. The lowest BCUT2D eigenvalue weighted by atomic mass is 9.78. The predicted molar refractivity (Wildman–Crippen MR) is 99.8 cm³/mol. The number of hydrogen-bond acceptors (Lipinski definition) is 3. The fourth-order valence-electron chi connectivity index (χ4n) is 3.64. The molecule has 2 rings (SSSR count). The van der Waals surface area contributed by atoms with Crippen molar-refractivity contribution in [2.45, 2.75) is 45.2 Å². The quantitative estimate of drug-likeness (QED) is 0.807. The molecule has 1 aromatic carbocycles. The third-order valence-corrected chi connectivity index (χ3v) is 5.53. The molecule has 1 fully saturated rings. The van der Waals surface area contributed by atoms with Crippen molar-refractivity contribution in [3.63, 3.8) is 0 Å². The molecule has 4 heteroatoms. The lowest BCUT2D eigenvalue weighted by Crippen LogP contribution is -2.46. The number of nitrogens with one attached hydrogen (secondary N) is 2. The largest absolute Gasteiger partial charge is 0.353 e. The molecule has 0 heterocycles.